The summed E-state index contributed by atoms with van der Waals surface area (Å²) in [5.41, 5.74) is -0.228. The average Bonchev–Trinajstić information content (AvgIpc) is 2.85. The van der Waals surface area contributed by atoms with Crippen molar-refractivity contribution in [1.82, 2.24) is 10.2 Å². The van der Waals surface area contributed by atoms with Crippen molar-refractivity contribution < 1.29 is 19.8 Å². The lowest BCUT2D eigenvalue weighted by atomic mass is 10.0. The van der Waals surface area contributed by atoms with Gasteiger partial charge >= 0.3 is 12.0 Å². The molecule has 1 heterocycles. The number of nitrogens with zero attached hydrogens (tertiary/aromatic N) is 1. The number of carbonyl (C=O) groups is 2. The van der Waals surface area contributed by atoms with Crippen LogP contribution in [0.4, 0.5) is 4.79 Å². The average molecular weight is 256 g/mol. The van der Waals surface area contributed by atoms with E-state index in [9.17, 15) is 14.7 Å². The SMILES string of the molecule is CC1(NC(=O)N2C[C@@H](O)C[C@H]2C(=O)O)CCCC1. The van der Waals surface area contributed by atoms with Crippen molar-refractivity contribution in [2.24, 2.45) is 0 Å². The van der Waals surface area contributed by atoms with Crippen molar-refractivity contribution in [3.63, 3.8) is 0 Å². The Morgan fingerprint density at radius 1 is 1.33 bits per heavy atom. The molecule has 2 fully saturated rings. The molecule has 1 aliphatic heterocycles. The van der Waals surface area contributed by atoms with Crippen LogP contribution in [0.25, 0.3) is 0 Å². The molecule has 3 N–H and O–H groups in total. The van der Waals surface area contributed by atoms with Gasteiger partial charge in [-0.05, 0) is 19.8 Å². The third-order valence-corrected chi connectivity index (χ3v) is 3.94. The molecule has 2 aliphatic rings. The smallest absolute Gasteiger partial charge is 0.326 e. The van der Waals surface area contributed by atoms with Crippen molar-refractivity contribution in [1.29, 1.82) is 0 Å². The van der Waals surface area contributed by atoms with Crippen molar-refractivity contribution in [3.8, 4) is 0 Å². The zero-order chi connectivity index (χ0) is 13.3. The number of nitrogens with one attached hydrogen (secondary N) is 1. The second-order valence-corrected chi connectivity index (χ2v) is 5.59. The van der Waals surface area contributed by atoms with Gasteiger partial charge in [-0.1, -0.05) is 12.8 Å². The number of carboxylic acids is 1. The number of rotatable bonds is 2. The summed E-state index contributed by atoms with van der Waals surface area (Å²) in [6, 6.07) is -1.28. The topological polar surface area (TPSA) is 89.9 Å². The lowest BCUT2D eigenvalue weighted by molar-refractivity contribution is -0.141. The van der Waals surface area contributed by atoms with E-state index in [1.165, 1.54) is 4.90 Å². The molecule has 0 bridgehead atoms. The number of aliphatic carboxylic acids is 1. The van der Waals surface area contributed by atoms with Gasteiger partial charge in [0.1, 0.15) is 6.04 Å². The van der Waals surface area contributed by atoms with Crippen LogP contribution in [0.3, 0.4) is 0 Å². The Kier molecular flexibility index (Phi) is 3.47. The van der Waals surface area contributed by atoms with E-state index in [0.717, 1.165) is 25.7 Å². The number of hydrogen-bond acceptors (Lipinski definition) is 3. The van der Waals surface area contributed by atoms with E-state index in [4.69, 9.17) is 5.11 Å². The molecule has 0 radical (unpaired) electrons. The van der Waals surface area contributed by atoms with Crippen LogP contribution < -0.4 is 5.32 Å². The van der Waals surface area contributed by atoms with Crippen LogP contribution >= 0.6 is 0 Å². The van der Waals surface area contributed by atoms with E-state index in [2.05, 4.69) is 5.32 Å². The van der Waals surface area contributed by atoms with Crippen LogP contribution in [0.1, 0.15) is 39.0 Å². The Labute approximate surface area is 106 Å². The Morgan fingerprint density at radius 3 is 2.50 bits per heavy atom. The fourth-order valence-corrected chi connectivity index (χ4v) is 2.88. The molecule has 0 unspecified atom stereocenters. The van der Waals surface area contributed by atoms with Gasteiger partial charge in [0, 0.05) is 18.5 Å². The van der Waals surface area contributed by atoms with Gasteiger partial charge < -0.3 is 20.4 Å². The summed E-state index contributed by atoms with van der Waals surface area (Å²) in [5, 5.41) is 21.5. The molecular formula is C12H20N2O4. The molecule has 0 spiro atoms. The number of amides is 2. The quantitative estimate of drug-likeness (QED) is 0.673. The number of aliphatic hydroxyl groups excluding tert-OH is 1. The van der Waals surface area contributed by atoms with Crippen molar-refractivity contribution >= 4 is 12.0 Å². The maximum absolute atomic E-state index is 12.1. The van der Waals surface area contributed by atoms with Gasteiger partial charge in [0.25, 0.3) is 0 Å². The minimum Gasteiger partial charge on any atom is -0.480 e. The van der Waals surface area contributed by atoms with Crippen LogP contribution in [-0.4, -0.2) is 51.3 Å². The van der Waals surface area contributed by atoms with Crippen LogP contribution in [0.5, 0.6) is 0 Å². The summed E-state index contributed by atoms with van der Waals surface area (Å²) in [4.78, 5) is 24.4. The predicted octanol–water partition coefficient (Wildman–Crippen LogP) is 0.548. The van der Waals surface area contributed by atoms with Gasteiger partial charge in [0.15, 0.2) is 0 Å². The van der Waals surface area contributed by atoms with Gasteiger partial charge in [-0.25, -0.2) is 9.59 Å². The standard InChI is InChI=1S/C12H20N2O4/c1-12(4-2-3-5-12)13-11(18)14-7-8(15)6-9(14)10(16)17/h8-9,15H,2-7H2,1H3,(H,13,18)(H,16,17)/t8-,9-/m0/s1. The molecule has 1 saturated carbocycles. The first-order chi connectivity index (χ1) is 8.41. The molecule has 18 heavy (non-hydrogen) atoms. The molecule has 1 aliphatic carbocycles. The Bertz CT molecular complexity index is 352. The summed E-state index contributed by atoms with van der Waals surface area (Å²) in [7, 11) is 0. The number of likely N-dealkylation sites (tertiary alicyclic amines) is 1. The minimum absolute atomic E-state index is 0.0961. The zero-order valence-electron chi connectivity index (χ0n) is 10.6. The molecular weight excluding hydrogens is 236 g/mol. The second kappa shape index (κ2) is 4.76. The summed E-state index contributed by atoms with van der Waals surface area (Å²) in [5.74, 6) is -1.06. The molecule has 1 saturated heterocycles. The molecule has 102 valence electrons. The first kappa shape index (κ1) is 13.1. The van der Waals surface area contributed by atoms with Crippen molar-refractivity contribution in [2.45, 2.75) is 56.7 Å². The fourth-order valence-electron chi connectivity index (χ4n) is 2.88. The summed E-state index contributed by atoms with van der Waals surface area (Å²) >= 11 is 0. The molecule has 2 amide bonds. The van der Waals surface area contributed by atoms with Gasteiger partial charge in [-0.15, -0.1) is 0 Å². The van der Waals surface area contributed by atoms with E-state index in [-0.39, 0.29) is 24.5 Å². The van der Waals surface area contributed by atoms with Gasteiger partial charge in [0.05, 0.1) is 6.10 Å². The van der Waals surface area contributed by atoms with E-state index in [0.29, 0.717) is 0 Å². The van der Waals surface area contributed by atoms with Crippen molar-refractivity contribution in [3.05, 3.63) is 0 Å². The molecule has 0 aromatic carbocycles. The molecule has 2 rings (SSSR count). The Balaban J connectivity index is 2.01. The largest absolute Gasteiger partial charge is 0.480 e. The van der Waals surface area contributed by atoms with Crippen molar-refractivity contribution in [2.75, 3.05) is 6.54 Å². The van der Waals surface area contributed by atoms with Crippen LogP contribution in [0.2, 0.25) is 0 Å². The van der Waals surface area contributed by atoms with Crippen LogP contribution in [0.15, 0.2) is 0 Å². The van der Waals surface area contributed by atoms with Crippen LogP contribution in [0, 0.1) is 0 Å². The molecule has 6 nitrogen and oxygen atoms in total. The van der Waals surface area contributed by atoms with E-state index in [1.807, 2.05) is 6.92 Å². The monoisotopic (exact) mass is 256 g/mol. The Hall–Kier alpha value is -1.30. The maximum atomic E-state index is 12.1. The number of urea groups is 1. The van der Waals surface area contributed by atoms with Crippen LogP contribution in [-0.2, 0) is 4.79 Å². The highest BCUT2D eigenvalue weighted by Gasteiger charge is 2.41. The molecule has 0 aromatic heterocycles. The van der Waals surface area contributed by atoms with E-state index < -0.39 is 18.1 Å². The van der Waals surface area contributed by atoms with E-state index in [1.54, 1.807) is 0 Å². The molecule has 6 heteroatoms. The highest BCUT2D eigenvalue weighted by Crippen LogP contribution is 2.29. The summed E-state index contributed by atoms with van der Waals surface area (Å²) < 4.78 is 0. The number of carbonyl (C=O) groups excluding carboxylic acids is 1. The third kappa shape index (κ3) is 2.58. The number of hydrogen-bond donors (Lipinski definition) is 3. The highest BCUT2D eigenvalue weighted by atomic mass is 16.4. The van der Waals surface area contributed by atoms with Gasteiger partial charge in [-0.2, -0.15) is 0 Å². The number of carboxylic acid groups (broad SMARTS) is 1. The zero-order valence-corrected chi connectivity index (χ0v) is 10.6. The van der Waals surface area contributed by atoms with E-state index >= 15 is 0 Å². The lowest BCUT2D eigenvalue weighted by Crippen LogP contribution is -2.53. The minimum atomic E-state index is -1.06. The first-order valence-electron chi connectivity index (χ1n) is 6.41. The number of aliphatic hydroxyl groups is 1. The lowest BCUT2D eigenvalue weighted by Gasteiger charge is -2.30. The first-order valence-corrected chi connectivity index (χ1v) is 6.41. The summed E-state index contributed by atoms with van der Waals surface area (Å²) in [6.07, 6.45) is 3.39. The molecule has 2 atom stereocenters. The number of β-amino-alcohol motifs (C(OH)–C–C–N with tert-alkyl or cyclic N) is 1. The molecule has 0 aromatic rings. The summed E-state index contributed by atoms with van der Waals surface area (Å²) in [6.45, 7) is 2.08. The second-order valence-electron chi connectivity index (χ2n) is 5.59. The highest BCUT2D eigenvalue weighted by molar-refractivity contribution is 5.83. The van der Waals surface area contributed by atoms with Gasteiger partial charge in [-0.3, -0.25) is 0 Å². The predicted molar refractivity (Wildman–Crippen MR) is 64.2 cm³/mol. The maximum Gasteiger partial charge on any atom is 0.326 e. The Morgan fingerprint density at radius 2 is 1.94 bits per heavy atom. The van der Waals surface area contributed by atoms with Gasteiger partial charge in [0.2, 0.25) is 0 Å². The normalized spacial score (nSPS) is 30.4. The third-order valence-electron chi connectivity index (χ3n) is 3.94. The fraction of sp³-hybridized carbons (Fsp3) is 0.833.